The minimum absolute atomic E-state index is 0.114. The van der Waals surface area contributed by atoms with E-state index in [1.807, 2.05) is 48.7 Å². The monoisotopic (exact) mass is 641 g/mol. The van der Waals surface area contributed by atoms with Gasteiger partial charge < -0.3 is 25.0 Å². The molecule has 3 aromatic rings. The molecule has 0 unspecified atom stereocenters. The summed E-state index contributed by atoms with van der Waals surface area (Å²) in [6.07, 6.45) is 10.6. The van der Waals surface area contributed by atoms with Crippen molar-refractivity contribution in [2.75, 3.05) is 66.1 Å². The number of benzene rings is 2. The smallest absolute Gasteiger partial charge is 0.232 e. The van der Waals surface area contributed by atoms with Gasteiger partial charge in [-0.1, -0.05) is 67.6 Å². The van der Waals surface area contributed by atoms with Crippen LogP contribution in [0, 0.1) is 5.92 Å². The Labute approximate surface area is 282 Å². The highest BCUT2D eigenvalue weighted by Crippen LogP contribution is 2.43. The van der Waals surface area contributed by atoms with E-state index in [1.54, 1.807) is 13.3 Å². The number of ether oxygens (including phenoxy) is 2. The van der Waals surface area contributed by atoms with Gasteiger partial charge in [0.25, 0.3) is 0 Å². The molecular formula is C39H55N5O3. The van der Waals surface area contributed by atoms with Crippen molar-refractivity contribution in [3.8, 4) is 5.75 Å². The second-order valence-corrected chi connectivity index (χ2v) is 13.2. The van der Waals surface area contributed by atoms with Crippen LogP contribution in [0.1, 0.15) is 62.1 Å². The Morgan fingerprint density at radius 1 is 0.915 bits per heavy atom. The van der Waals surface area contributed by atoms with Gasteiger partial charge in [-0.3, -0.25) is 14.7 Å². The second-order valence-electron chi connectivity index (χ2n) is 13.2. The number of likely N-dealkylation sites (tertiary alicyclic amines) is 2. The molecule has 0 bridgehead atoms. The number of aromatic nitrogens is 1. The number of hydrogen-bond acceptors (Lipinski definition) is 7. The van der Waals surface area contributed by atoms with Crippen LogP contribution in [-0.2, 0) is 21.5 Å². The zero-order valence-electron chi connectivity index (χ0n) is 28.6. The average Bonchev–Trinajstić information content (AvgIpc) is 3.58. The molecule has 47 heavy (non-hydrogen) atoms. The molecule has 1 atom stereocenters. The van der Waals surface area contributed by atoms with Gasteiger partial charge in [0.1, 0.15) is 11.2 Å². The maximum atomic E-state index is 13.3. The minimum atomic E-state index is -0.838. The number of nitrogens with zero attached hydrogens (tertiary/aromatic N) is 4. The van der Waals surface area contributed by atoms with Crippen LogP contribution in [0.15, 0.2) is 79.1 Å². The van der Waals surface area contributed by atoms with Crippen molar-refractivity contribution < 1.29 is 14.3 Å². The fourth-order valence-corrected chi connectivity index (χ4v) is 7.92. The Morgan fingerprint density at radius 2 is 1.60 bits per heavy atom. The van der Waals surface area contributed by atoms with Crippen molar-refractivity contribution in [3.63, 3.8) is 0 Å². The predicted octanol–water partition coefficient (Wildman–Crippen LogP) is 5.36. The molecule has 8 nitrogen and oxygen atoms in total. The number of carbonyl (C=O) groups excluding carboxylic acids is 1. The van der Waals surface area contributed by atoms with Gasteiger partial charge in [0.2, 0.25) is 5.91 Å². The zero-order valence-corrected chi connectivity index (χ0v) is 28.6. The summed E-state index contributed by atoms with van der Waals surface area (Å²) >= 11 is 0. The molecule has 0 saturated carbocycles. The van der Waals surface area contributed by atoms with Gasteiger partial charge in [0.15, 0.2) is 0 Å². The van der Waals surface area contributed by atoms with Crippen molar-refractivity contribution in [2.45, 2.75) is 63.5 Å². The number of piperidine rings is 1. The number of hydrogen-bond donors (Lipinski definition) is 1. The summed E-state index contributed by atoms with van der Waals surface area (Å²) in [6.45, 7) is 11.9. The van der Waals surface area contributed by atoms with Crippen molar-refractivity contribution >= 4 is 5.91 Å². The largest absolute Gasteiger partial charge is 0.496 e. The summed E-state index contributed by atoms with van der Waals surface area (Å²) in [5.74, 6) is 0.773. The second kappa shape index (κ2) is 17.7. The molecule has 2 aliphatic rings. The fraction of sp³-hybridized carbons (Fsp3) is 0.538. The summed E-state index contributed by atoms with van der Waals surface area (Å²) in [7, 11) is 1.73. The normalized spacial score (nSPS) is 18.1. The first kappa shape index (κ1) is 35.0. The van der Waals surface area contributed by atoms with E-state index in [2.05, 4.69) is 50.9 Å². The van der Waals surface area contributed by atoms with E-state index in [0.29, 0.717) is 6.04 Å². The number of primary amides is 1. The molecule has 2 aliphatic heterocycles. The third-order valence-corrected chi connectivity index (χ3v) is 10.5. The van der Waals surface area contributed by atoms with E-state index < -0.39 is 5.41 Å². The first-order valence-electron chi connectivity index (χ1n) is 17.7. The van der Waals surface area contributed by atoms with Gasteiger partial charge in [-0.25, -0.2) is 0 Å². The topological polar surface area (TPSA) is 84.2 Å². The predicted molar refractivity (Wildman–Crippen MR) is 188 cm³/mol. The third-order valence-electron chi connectivity index (χ3n) is 10.5. The van der Waals surface area contributed by atoms with Crippen LogP contribution in [0.5, 0.6) is 5.75 Å². The third kappa shape index (κ3) is 8.79. The van der Waals surface area contributed by atoms with Gasteiger partial charge in [0, 0.05) is 50.2 Å². The number of pyridine rings is 1. The molecule has 1 amide bonds. The summed E-state index contributed by atoms with van der Waals surface area (Å²) in [6, 6.07) is 22.8. The zero-order chi connectivity index (χ0) is 32.9. The molecule has 0 aliphatic carbocycles. The Hall–Kier alpha value is -3.30. The fourth-order valence-electron chi connectivity index (χ4n) is 7.92. The van der Waals surface area contributed by atoms with Crippen LogP contribution < -0.4 is 10.5 Å². The number of unbranched alkanes of at least 4 members (excludes halogenated alkanes) is 2. The number of rotatable bonds is 18. The Morgan fingerprint density at radius 3 is 2.23 bits per heavy atom. The summed E-state index contributed by atoms with van der Waals surface area (Å²) in [4.78, 5) is 25.3. The SMILES string of the molecule is CCN(CCCCCOCCN1CC[C@@H](C(C(N)=O)(c2ccccc2)c2ccccc2)C1)C1CCN(Cc2cnccc2OC)CC1. The highest BCUT2D eigenvalue weighted by Gasteiger charge is 2.49. The quantitative estimate of drug-likeness (QED) is 0.187. The van der Waals surface area contributed by atoms with E-state index in [0.717, 1.165) is 95.3 Å². The number of nitrogens with two attached hydrogens (primary N) is 1. The van der Waals surface area contributed by atoms with Gasteiger partial charge in [0.05, 0.1) is 13.7 Å². The molecule has 5 rings (SSSR count). The lowest BCUT2D eigenvalue weighted by atomic mass is 9.64. The molecule has 8 heteroatoms. The molecule has 1 aromatic heterocycles. The van der Waals surface area contributed by atoms with Crippen molar-refractivity contribution in [1.29, 1.82) is 0 Å². The molecule has 0 radical (unpaired) electrons. The van der Waals surface area contributed by atoms with Crippen LogP contribution in [-0.4, -0.2) is 97.8 Å². The summed E-state index contributed by atoms with van der Waals surface area (Å²) in [5, 5.41) is 0. The minimum Gasteiger partial charge on any atom is -0.496 e. The molecule has 0 spiro atoms. The number of methoxy groups -OCH3 is 1. The Bertz CT molecular complexity index is 1310. The lowest BCUT2D eigenvalue weighted by Gasteiger charge is -2.38. The van der Waals surface area contributed by atoms with Gasteiger partial charge in [-0.05, 0) is 94.4 Å². The maximum Gasteiger partial charge on any atom is 0.232 e. The molecule has 254 valence electrons. The van der Waals surface area contributed by atoms with E-state index in [1.165, 1.54) is 31.2 Å². The molecule has 3 heterocycles. The molecule has 2 aromatic carbocycles. The van der Waals surface area contributed by atoms with Crippen LogP contribution in [0.3, 0.4) is 0 Å². The first-order chi connectivity index (χ1) is 23.1. The molecule has 2 saturated heterocycles. The van der Waals surface area contributed by atoms with Crippen LogP contribution in [0.4, 0.5) is 0 Å². The summed E-state index contributed by atoms with van der Waals surface area (Å²) in [5.41, 5.74) is 8.55. The van der Waals surface area contributed by atoms with Gasteiger partial charge in [-0.15, -0.1) is 0 Å². The number of carbonyl (C=O) groups is 1. The van der Waals surface area contributed by atoms with Crippen molar-refractivity contribution in [1.82, 2.24) is 19.7 Å². The average molecular weight is 642 g/mol. The molecular weight excluding hydrogens is 586 g/mol. The number of amides is 1. The molecule has 2 N–H and O–H groups in total. The van der Waals surface area contributed by atoms with Crippen molar-refractivity contribution in [3.05, 3.63) is 95.8 Å². The van der Waals surface area contributed by atoms with Crippen LogP contribution >= 0.6 is 0 Å². The Kier molecular flexibility index (Phi) is 13.2. The summed E-state index contributed by atoms with van der Waals surface area (Å²) < 4.78 is 11.6. The Balaban J connectivity index is 0.988. The lowest BCUT2D eigenvalue weighted by molar-refractivity contribution is -0.123. The first-order valence-corrected chi connectivity index (χ1v) is 17.7. The highest BCUT2D eigenvalue weighted by molar-refractivity contribution is 5.91. The maximum absolute atomic E-state index is 13.3. The van der Waals surface area contributed by atoms with E-state index in [4.69, 9.17) is 15.2 Å². The van der Waals surface area contributed by atoms with Gasteiger partial charge >= 0.3 is 0 Å². The van der Waals surface area contributed by atoms with Crippen LogP contribution in [0.25, 0.3) is 0 Å². The standard InChI is InChI=1S/C39H55N5O3/c1-3-44(36-19-24-42(25-20-36)30-32-29-41-21-17-37(32)46-2)22-11-6-12-27-47-28-26-43-23-18-35(31-43)39(38(40)45,33-13-7-4-8-14-33)34-15-9-5-10-16-34/h4-5,7-10,13-17,21,29,35-36H,3,6,11-12,18-20,22-28,30-31H2,1-2H3,(H2,40,45)/t35-/m1/s1. The van der Waals surface area contributed by atoms with Crippen molar-refractivity contribution in [2.24, 2.45) is 11.7 Å². The van der Waals surface area contributed by atoms with Crippen LogP contribution in [0.2, 0.25) is 0 Å². The molecule has 2 fully saturated rings. The van der Waals surface area contributed by atoms with E-state index >= 15 is 0 Å². The highest BCUT2D eigenvalue weighted by atomic mass is 16.5. The van der Waals surface area contributed by atoms with E-state index in [9.17, 15) is 4.79 Å². The van der Waals surface area contributed by atoms with Gasteiger partial charge in [-0.2, -0.15) is 0 Å². The lowest BCUT2D eigenvalue weighted by Crippen LogP contribution is -2.49. The van der Waals surface area contributed by atoms with E-state index in [-0.39, 0.29) is 11.8 Å².